The molecule has 0 radical (unpaired) electrons. The fourth-order valence-corrected chi connectivity index (χ4v) is 1.27. The van der Waals surface area contributed by atoms with Crippen molar-refractivity contribution in [2.24, 2.45) is 0 Å². The Bertz CT molecular complexity index is 338. The molecule has 0 saturated heterocycles. The highest BCUT2D eigenvalue weighted by molar-refractivity contribution is 9.10. The summed E-state index contributed by atoms with van der Waals surface area (Å²) in [6.07, 6.45) is 1.12. The van der Waals surface area contributed by atoms with Crippen molar-refractivity contribution in [3.63, 3.8) is 0 Å². The van der Waals surface area contributed by atoms with E-state index in [4.69, 9.17) is 9.47 Å². The van der Waals surface area contributed by atoms with Gasteiger partial charge in [-0.25, -0.2) is 4.98 Å². The summed E-state index contributed by atoms with van der Waals surface area (Å²) >= 11 is 3.24. The van der Waals surface area contributed by atoms with Gasteiger partial charge in [0.05, 0.1) is 6.54 Å². The molecule has 0 unspecified atom stereocenters. The summed E-state index contributed by atoms with van der Waals surface area (Å²) in [6.45, 7) is 0.281. The van der Waals surface area contributed by atoms with Crippen LogP contribution in [0, 0.1) is 0 Å². The van der Waals surface area contributed by atoms with E-state index in [0.29, 0.717) is 5.69 Å². The summed E-state index contributed by atoms with van der Waals surface area (Å²) in [5, 5.41) is 2.65. The van der Waals surface area contributed by atoms with E-state index in [0.717, 1.165) is 4.47 Å². The summed E-state index contributed by atoms with van der Waals surface area (Å²) in [6, 6.07) is 3.39. The summed E-state index contributed by atoms with van der Waals surface area (Å²) in [7, 11) is 3.02. The van der Waals surface area contributed by atoms with Crippen LogP contribution in [0.1, 0.15) is 10.5 Å². The molecule has 0 saturated carbocycles. The number of nitrogens with one attached hydrogen (secondary N) is 1. The lowest BCUT2D eigenvalue weighted by atomic mass is 10.3. The molecule has 0 atom stereocenters. The number of rotatable bonds is 5. The molecule has 0 bridgehead atoms. The smallest absolute Gasteiger partial charge is 0.270 e. The first kappa shape index (κ1) is 13.1. The van der Waals surface area contributed by atoms with Gasteiger partial charge in [-0.2, -0.15) is 0 Å². The van der Waals surface area contributed by atoms with Crippen LogP contribution in [-0.4, -0.2) is 37.9 Å². The Balaban J connectivity index is 2.49. The summed E-state index contributed by atoms with van der Waals surface area (Å²) in [5.74, 6) is -0.258. The highest BCUT2D eigenvalue weighted by Crippen LogP contribution is 2.07. The zero-order valence-electron chi connectivity index (χ0n) is 9.07. The van der Waals surface area contributed by atoms with E-state index in [1.165, 1.54) is 14.2 Å². The van der Waals surface area contributed by atoms with Gasteiger partial charge in [0.25, 0.3) is 5.91 Å². The van der Waals surface area contributed by atoms with Gasteiger partial charge in [0.15, 0.2) is 6.29 Å². The lowest BCUT2D eigenvalue weighted by molar-refractivity contribution is -0.0974. The lowest BCUT2D eigenvalue weighted by Crippen LogP contribution is -2.34. The molecule has 88 valence electrons. The van der Waals surface area contributed by atoms with Crippen LogP contribution in [0.25, 0.3) is 0 Å². The fourth-order valence-electron chi connectivity index (χ4n) is 1.04. The molecule has 5 nitrogen and oxygen atoms in total. The van der Waals surface area contributed by atoms with Crippen LogP contribution in [0.5, 0.6) is 0 Å². The van der Waals surface area contributed by atoms with Crippen molar-refractivity contribution in [3.05, 3.63) is 28.5 Å². The summed E-state index contributed by atoms with van der Waals surface area (Å²) in [4.78, 5) is 15.6. The van der Waals surface area contributed by atoms with Crippen molar-refractivity contribution in [2.45, 2.75) is 6.29 Å². The molecule has 1 amide bonds. The van der Waals surface area contributed by atoms with Crippen molar-refractivity contribution >= 4 is 21.8 Å². The molecule has 0 aliphatic rings. The zero-order valence-corrected chi connectivity index (χ0v) is 10.7. The van der Waals surface area contributed by atoms with E-state index in [9.17, 15) is 4.79 Å². The van der Waals surface area contributed by atoms with Gasteiger partial charge in [0.2, 0.25) is 0 Å². The van der Waals surface area contributed by atoms with Gasteiger partial charge in [0, 0.05) is 24.9 Å². The first-order valence-electron chi connectivity index (χ1n) is 4.62. The van der Waals surface area contributed by atoms with Crippen LogP contribution >= 0.6 is 15.9 Å². The molecular formula is C10H13BrN2O3. The van der Waals surface area contributed by atoms with Crippen molar-refractivity contribution in [1.29, 1.82) is 0 Å². The minimum atomic E-state index is -0.445. The highest BCUT2D eigenvalue weighted by Gasteiger charge is 2.10. The Morgan fingerprint density at radius 3 is 2.69 bits per heavy atom. The molecule has 0 aliphatic heterocycles. The number of aromatic nitrogens is 1. The third-order valence-electron chi connectivity index (χ3n) is 1.92. The quantitative estimate of drug-likeness (QED) is 0.827. The van der Waals surface area contributed by atoms with Crippen LogP contribution < -0.4 is 5.32 Å². The van der Waals surface area contributed by atoms with E-state index < -0.39 is 6.29 Å². The van der Waals surface area contributed by atoms with Gasteiger partial charge >= 0.3 is 0 Å². The molecule has 1 N–H and O–H groups in total. The summed E-state index contributed by atoms with van der Waals surface area (Å²) < 4.78 is 10.7. The van der Waals surface area contributed by atoms with Crippen LogP contribution in [0.3, 0.4) is 0 Å². The van der Waals surface area contributed by atoms with Gasteiger partial charge < -0.3 is 14.8 Å². The molecule has 0 aromatic carbocycles. The lowest BCUT2D eigenvalue weighted by Gasteiger charge is -2.13. The third kappa shape index (κ3) is 3.88. The fraction of sp³-hybridized carbons (Fsp3) is 0.400. The number of hydrogen-bond acceptors (Lipinski definition) is 4. The molecule has 1 rings (SSSR count). The number of amides is 1. The Kier molecular flexibility index (Phi) is 5.37. The molecule has 0 aliphatic carbocycles. The van der Waals surface area contributed by atoms with E-state index in [1.54, 1.807) is 18.3 Å². The number of halogens is 1. The number of nitrogens with zero attached hydrogens (tertiary/aromatic N) is 1. The normalized spacial score (nSPS) is 10.5. The average molecular weight is 289 g/mol. The maximum Gasteiger partial charge on any atom is 0.270 e. The summed E-state index contributed by atoms with van der Waals surface area (Å²) in [5.41, 5.74) is 0.356. The predicted octanol–water partition coefficient (Wildman–Crippen LogP) is 1.19. The second-order valence-corrected chi connectivity index (χ2v) is 3.89. The molecule has 1 heterocycles. The third-order valence-corrected chi connectivity index (χ3v) is 2.38. The van der Waals surface area contributed by atoms with Gasteiger partial charge in [-0.1, -0.05) is 0 Å². The number of carbonyl (C=O) groups excluding carboxylic acids is 1. The molecule has 0 spiro atoms. The average Bonchev–Trinajstić information content (AvgIpc) is 2.31. The van der Waals surface area contributed by atoms with Crippen LogP contribution in [0.15, 0.2) is 22.8 Å². The van der Waals surface area contributed by atoms with Gasteiger partial charge in [-0.05, 0) is 28.1 Å². The Labute approximate surface area is 102 Å². The standard InChI is InChI=1S/C10H13BrN2O3/c1-15-9(16-2)6-13-10(14)8-4-3-7(11)5-12-8/h3-5,9H,6H2,1-2H3,(H,13,14). The van der Waals surface area contributed by atoms with Crippen molar-refractivity contribution in [2.75, 3.05) is 20.8 Å². The molecular weight excluding hydrogens is 276 g/mol. The van der Waals surface area contributed by atoms with E-state index >= 15 is 0 Å². The minimum absolute atomic E-state index is 0.258. The Hall–Kier alpha value is -0.980. The maximum absolute atomic E-state index is 11.6. The van der Waals surface area contributed by atoms with E-state index in [-0.39, 0.29) is 12.5 Å². The molecule has 0 fully saturated rings. The van der Waals surface area contributed by atoms with Crippen molar-refractivity contribution in [3.8, 4) is 0 Å². The largest absolute Gasteiger partial charge is 0.354 e. The van der Waals surface area contributed by atoms with Gasteiger partial charge in [-0.3, -0.25) is 4.79 Å². The Morgan fingerprint density at radius 1 is 1.50 bits per heavy atom. The van der Waals surface area contributed by atoms with Crippen LogP contribution in [0.4, 0.5) is 0 Å². The Morgan fingerprint density at radius 2 is 2.19 bits per heavy atom. The molecule has 1 aromatic heterocycles. The van der Waals surface area contributed by atoms with Gasteiger partial charge in [0.1, 0.15) is 5.69 Å². The first-order chi connectivity index (χ1) is 7.67. The van der Waals surface area contributed by atoms with E-state index in [1.807, 2.05) is 0 Å². The zero-order chi connectivity index (χ0) is 12.0. The predicted molar refractivity (Wildman–Crippen MR) is 62.1 cm³/mol. The van der Waals surface area contributed by atoms with Gasteiger partial charge in [-0.15, -0.1) is 0 Å². The topological polar surface area (TPSA) is 60.5 Å². The monoisotopic (exact) mass is 288 g/mol. The minimum Gasteiger partial charge on any atom is -0.354 e. The van der Waals surface area contributed by atoms with Crippen molar-refractivity contribution in [1.82, 2.24) is 10.3 Å². The van der Waals surface area contributed by atoms with Crippen molar-refractivity contribution < 1.29 is 14.3 Å². The van der Waals surface area contributed by atoms with Crippen LogP contribution in [-0.2, 0) is 9.47 Å². The first-order valence-corrected chi connectivity index (χ1v) is 5.42. The molecule has 1 aromatic rings. The molecule has 6 heteroatoms. The van der Waals surface area contributed by atoms with E-state index in [2.05, 4.69) is 26.2 Å². The maximum atomic E-state index is 11.6. The van der Waals surface area contributed by atoms with Crippen LogP contribution in [0.2, 0.25) is 0 Å². The number of pyridine rings is 1. The molecule has 16 heavy (non-hydrogen) atoms. The second-order valence-electron chi connectivity index (χ2n) is 2.97. The second kappa shape index (κ2) is 6.57. The SMILES string of the molecule is COC(CNC(=O)c1ccc(Br)cn1)OC. The number of hydrogen-bond donors (Lipinski definition) is 1. The number of ether oxygens (including phenoxy) is 2. The highest BCUT2D eigenvalue weighted by atomic mass is 79.9. The number of methoxy groups -OCH3 is 2. The number of carbonyl (C=O) groups is 1.